The Hall–Kier alpha value is -1.71. The van der Waals surface area contributed by atoms with Crippen LogP contribution in [-0.2, 0) is 4.74 Å². The predicted octanol–water partition coefficient (Wildman–Crippen LogP) is 2.09. The van der Waals surface area contributed by atoms with Gasteiger partial charge in [-0.3, -0.25) is 0 Å². The standard InChI is InChI=1S/C13H16N2O2/c1-17-12(16)9-2-3-10-11(6-9)15-8-13(4-5-13)7-14-10/h2-3,6,14-15H,4-5,7-8H2,1H3. The second-order valence-electron chi connectivity index (χ2n) is 4.96. The highest BCUT2D eigenvalue weighted by molar-refractivity contribution is 5.92. The Balaban J connectivity index is 1.88. The number of rotatable bonds is 1. The van der Waals surface area contributed by atoms with Crippen molar-refractivity contribution >= 4 is 17.3 Å². The summed E-state index contributed by atoms with van der Waals surface area (Å²) in [6.07, 6.45) is 2.57. The Morgan fingerprint density at radius 2 is 1.94 bits per heavy atom. The summed E-state index contributed by atoms with van der Waals surface area (Å²) in [5.74, 6) is -0.292. The molecule has 4 nitrogen and oxygen atoms in total. The van der Waals surface area contributed by atoms with Gasteiger partial charge in [-0.05, 0) is 31.0 Å². The minimum absolute atomic E-state index is 0.292. The van der Waals surface area contributed by atoms with Crippen LogP contribution in [0, 0.1) is 5.41 Å². The Labute approximate surface area is 100 Å². The fourth-order valence-electron chi connectivity index (χ4n) is 2.25. The van der Waals surface area contributed by atoms with Crippen molar-refractivity contribution in [2.24, 2.45) is 5.41 Å². The monoisotopic (exact) mass is 232 g/mol. The molecule has 4 heteroatoms. The molecule has 1 saturated carbocycles. The predicted molar refractivity (Wildman–Crippen MR) is 66.4 cm³/mol. The normalized spacial score (nSPS) is 19.6. The Morgan fingerprint density at radius 3 is 2.59 bits per heavy atom. The molecule has 0 saturated heterocycles. The first-order valence-electron chi connectivity index (χ1n) is 5.93. The van der Waals surface area contributed by atoms with Gasteiger partial charge in [-0.2, -0.15) is 0 Å². The van der Waals surface area contributed by atoms with Gasteiger partial charge in [0.25, 0.3) is 0 Å². The third kappa shape index (κ3) is 1.84. The van der Waals surface area contributed by atoms with Crippen LogP contribution >= 0.6 is 0 Å². The van der Waals surface area contributed by atoms with Crippen LogP contribution in [-0.4, -0.2) is 26.2 Å². The van der Waals surface area contributed by atoms with E-state index >= 15 is 0 Å². The molecule has 2 aliphatic rings. The molecule has 2 N–H and O–H groups in total. The van der Waals surface area contributed by atoms with Crippen molar-refractivity contribution in [2.75, 3.05) is 30.8 Å². The van der Waals surface area contributed by atoms with Gasteiger partial charge >= 0.3 is 5.97 Å². The number of anilines is 2. The van der Waals surface area contributed by atoms with Crippen molar-refractivity contribution in [3.8, 4) is 0 Å². The molecule has 1 aliphatic heterocycles. The average Bonchev–Trinajstić information content (AvgIpc) is 3.16. The number of hydrogen-bond donors (Lipinski definition) is 2. The number of nitrogens with one attached hydrogen (secondary N) is 2. The van der Waals surface area contributed by atoms with E-state index in [4.69, 9.17) is 4.74 Å². The SMILES string of the molecule is COC(=O)c1ccc2c(c1)NCC1(CC1)CN2. The van der Waals surface area contributed by atoms with Crippen LogP contribution in [0.3, 0.4) is 0 Å². The van der Waals surface area contributed by atoms with Crippen LogP contribution in [0.25, 0.3) is 0 Å². The Kier molecular flexibility index (Phi) is 2.24. The maximum atomic E-state index is 11.5. The van der Waals surface area contributed by atoms with Gasteiger partial charge in [0, 0.05) is 18.5 Å². The molecule has 0 radical (unpaired) electrons. The maximum absolute atomic E-state index is 11.5. The molecular weight excluding hydrogens is 216 g/mol. The number of esters is 1. The van der Waals surface area contributed by atoms with Crippen molar-refractivity contribution in [1.82, 2.24) is 0 Å². The maximum Gasteiger partial charge on any atom is 0.337 e. The molecule has 90 valence electrons. The van der Waals surface area contributed by atoms with Gasteiger partial charge in [0.15, 0.2) is 0 Å². The van der Waals surface area contributed by atoms with E-state index in [1.807, 2.05) is 12.1 Å². The van der Waals surface area contributed by atoms with Crippen LogP contribution in [0.4, 0.5) is 11.4 Å². The van der Waals surface area contributed by atoms with Gasteiger partial charge in [0.2, 0.25) is 0 Å². The Bertz CT molecular complexity index is 466. The van der Waals surface area contributed by atoms with Gasteiger partial charge < -0.3 is 15.4 Å². The molecule has 1 aromatic rings. The number of carbonyl (C=O) groups is 1. The summed E-state index contributed by atoms with van der Waals surface area (Å²) in [5, 5.41) is 6.87. The van der Waals surface area contributed by atoms with E-state index in [1.54, 1.807) is 6.07 Å². The van der Waals surface area contributed by atoms with Crippen LogP contribution in [0.15, 0.2) is 18.2 Å². The summed E-state index contributed by atoms with van der Waals surface area (Å²) in [5.41, 5.74) is 3.09. The minimum atomic E-state index is -0.292. The van der Waals surface area contributed by atoms with E-state index in [0.717, 1.165) is 24.5 Å². The third-order valence-corrected chi connectivity index (χ3v) is 3.71. The molecular formula is C13H16N2O2. The van der Waals surface area contributed by atoms with Crippen molar-refractivity contribution in [3.63, 3.8) is 0 Å². The van der Waals surface area contributed by atoms with Crippen molar-refractivity contribution in [1.29, 1.82) is 0 Å². The number of fused-ring (bicyclic) bond motifs is 1. The molecule has 3 rings (SSSR count). The summed E-state index contributed by atoms with van der Waals surface area (Å²) in [4.78, 5) is 11.5. The Morgan fingerprint density at radius 1 is 1.24 bits per heavy atom. The lowest BCUT2D eigenvalue weighted by molar-refractivity contribution is 0.0601. The summed E-state index contributed by atoms with van der Waals surface area (Å²) in [6.45, 7) is 2.00. The van der Waals surface area contributed by atoms with Gasteiger partial charge in [-0.25, -0.2) is 4.79 Å². The number of ether oxygens (including phenoxy) is 1. The molecule has 0 atom stereocenters. The summed E-state index contributed by atoms with van der Waals surface area (Å²) in [6, 6.07) is 5.59. The largest absolute Gasteiger partial charge is 0.465 e. The second-order valence-corrected chi connectivity index (χ2v) is 4.96. The fraction of sp³-hybridized carbons (Fsp3) is 0.462. The fourth-order valence-corrected chi connectivity index (χ4v) is 2.25. The van der Waals surface area contributed by atoms with E-state index in [2.05, 4.69) is 10.6 Å². The number of carbonyl (C=O) groups excluding carboxylic acids is 1. The van der Waals surface area contributed by atoms with Crippen LogP contribution < -0.4 is 10.6 Å². The number of methoxy groups -OCH3 is 1. The average molecular weight is 232 g/mol. The molecule has 0 bridgehead atoms. The lowest BCUT2D eigenvalue weighted by atomic mass is 10.1. The van der Waals surface area contributed by atoms with Gasteiger partial charge in [-0.15, -0.1) is 0 Å². The van der Waals surface area contributed by atoms with Crippen molar-refractivity contribution < 1.29 is 9.53 Å². The van der Waals surface area contributed by atoms with E-state index in [1.165, 1.54) is 20.0 Å². The van der Waals surface area contributed by atoms with Crippen LogP contribution in [0.5, 0.6) is 0 Å². The molecule has 1 aromatic carbocycles. The molecule has 0 aromatic heterocycles. The molecule has 1 aliphatic carbocycles. The summed E-state index contributed by atoms with van der Waals surface area (Å²) >= 11 is 0. The summed E-state index contributed by atoms with van der Waals surface area (Å²) in [7, 11) is 1.40. The molecule has 0 amide bonds. The first-order valence-corrected chi connectivity index (χ1v) is 5.93. The van der Waals surface area contributed by atoms with Gasteiger partial charge in [0.05, 0.1) is 24.0 Å². The van der Waals surface area contributed by atoms with Gasteiger partial charge in [0.1, 0.15) is 0 Å². The topological polar surface area (TPSA) is 50.4 Å². The van der Waals surface area contributed by atoms with Gasteiger partial charge in [-0.1, -0.05) is 0 Å². The summed E-state index contributed by atoms with van der Waals surface area (Å²) < 4.78 is 4.72. The van der Waals surface area contributed by atoms with E-state index in [9.17, 15) is 4.79 Å². The van der Waals surface area contributed by atoms with E-state index < -0.39 is 0 Å². The first kappa shape index (κ1) is 10.4. The minimum Gasteiger partial charge on any atom is -0.465 e. The molecule has 17 heavy (non-hydrogen) atoms. The zero-order valence-corrected chi connectivity index (χ0v) is 9.88. The zero-order chi connectivity index (χ0) is 11.9. The smallest absolute Gasteiger partial charge is 0.337 e. The lowest BCUT2D eigenvalue weighted by Crippen LogP contribution is -2.19. The third-order valence-electron chi connectivity index (χ3n) is 3.71. The number of hydrogen-bond acceptors (Lipinski definition) is 4. The molecule has 1 heterocycles. The van der Waals surface area contributed by atoms with E-state index in [-0.39, 0.29) is 5.97 Å². The number of benzene rings is 1. The first-order chi connectivity index (χ1) is 8.22. The highest BCUT2D eigenvalue weighted by Crippen LogP contribution is 2.47. The van der Waals surface area contributed by atoms with E-state index in [0.29, 0.717) is 11.0 Å². The molecule has 1 spiro atoms. The molecule has 0 unspecified atom stereocenters. The lowest BCUT2D eigenvalue weighted by Gasteiger charge is -2.10. The highest BCUT2D eigenvalue weighted by Gasteiger charge is 2.43. The van der Waals surface area contributed by atoms with Crippen LogP contribution in [0.2, 0.25) is 0 Å². The highest BCUT2D eigenvalue weighted by atomic mass is 16.5. The van der Waals surface area contributed by atoms with Crippen LogP contribution in [0.1, 0.15) is 23.2 Å². The second kappa shape index (κ2) is 3.65. The molecule has 1 fully saturated rings. The zero-order valence-electron chi connectivity index (χ0n) is 9.88. The quantitative estimate of drug-likeness (QED) is 0.728. The van der Waals surface area contributed by atoms with Crippen molar-refractivity contribution in [2.45, 2.75) is 12.8 Å². The van der Waals surface area contributed by atoms with Crippen molar-refractivity contribution in [3.05, 3.63) is 23.8 Å².